The van der Waals surface area contributed by atoms with E-state index in [1.54, 1.807) is 6.92 Å². The minimum atomic E-state index is -0.863. The molecule has 0 spiro atoms. The van der Waals surface area contributed by atoms with Gasteiger partial charge in [0.2, 0.25) is 5.91 Å². The zero-order valence-corrected chi connectivity index (χ0v) is 15.2. The van der Waals surface area contributed by atoms with Crippen LogP contribution in [0.5, 0.6) is 5.75 Å². The molecule has 0 bridgehead atoms. The lowest BCUT2D eigenvalue weighted by atomic mass is 9.90. The molecule has 6 nitrogen and oxygen atoms in total. The minimum absolute atomic E-state index is 0.0274. The van der Waals surface area contributed by atoms with Gasteiger partial charge in [-0.2, -0.15) is 5.26 Å². The van der Waals surface area contributed by atoms with Crippen molar-refractivity contribution in [1.82, 2.24) is 15.3 Å². The number of hydrogen-bond acceptors (Lipinski definition) is 5. The molecule has 0 radical (unpaired) electrons. The summed E-state index contributed by atoms with van der Waals surface area (Å²) in [6.45, 7) is 8.09. The van der Waals surface area contributed by atoms with Gasteiger partial charge >= 0.3 is 0 Å². The largest absolute Gasteiger partial charge is 0.494 e. The first-order valence-corrected chi connectivity index (χ1v) is 8.84. The quantitative estimate of drug-likeness (QED) is 0.752. The van der Waals surface area contributed by atoms with Crippen LogP contribution >= 0.6 is 11.8 Å². The highest BCUT2D eigenvalue weighted by Gasteiger charge is 2.29. The number of amides is 1. The zero-order chi connectivity index (χ0) is 17.7. The number of imidazole rings is 1. The first kappa shape index (κ1) is 18.1. The van der Waals surface area contributed by atoms with E-state index in [-0.39, 0.29) is 17.6 Å². The number of carbonyl (C=O) groups is 1. The zero-order valence-electron chi connectivity index (χ0n) is 14.3. The number of rotatable bonds is 7. The van der Waals surface area contributed by atoms with E-state index in [0.717, 1.165) is 16.8 Å². The van der Waals surface area contributed by atoms with E-state index in [9.17, 15) is 10.1 Å². The third-order valence-corrected chi connectivity index (χ3v) is 4.74. The van der Waals surface area contributed by atoms with Gasteiger partial charge in [0.15, 0.2) is 5.16 Å². The first-order valence-electron chi connectivity index (χ1n) is 7.85. The Balaban J connectivity index is 2.00. The Morgan fingerprint density at radius 1 is 1.54 bits per heavy atom. The van der Waals surface area contributed by atoms with Gasteiger partial charge in [-0.15, -0.1) is 0 Å². The predicted molar refractivity (Wildman–Crippen MR) is 95.0 cm³/mol. The van der Waals surface area contributed by atoms with Gasteiger partial charge in [-0.3, -0.25) is 4.79 Å². The van der Waals surface area contributed by atoms with Crippen molar-refractivity contribution in [2.75, 3.05) is 12.4 Å². The van der Waals surface area contributed by atoms with Crippen LogP contribution in [-0.4, -0.2) is 33.8 Å². The summed E-state index contributed by atoms with van der Waals surface area (Å²) in [5.74, 6) is 0.819. The number of aromatic amines is 1. The lowest BCUT2D eigenvalue weighted by Crippen LogP contribution is -2.49. The molecule has 0 aliphatic carbocycles. The van der Waals surface area contributed by atoms with Crippen molar-refractivity contribution >= 4 is 28.7 Å². The van der Waals surface area contributed by atoms with Crippen LogP contribution in [0, 0.1) is 17.2 Å². The van der Waals surface area contributed by atoms with Gasteiger partial charge in [0, 0.05) is 6.07 Å². The van der Waals surface area contributed by atoms with Crippen LogP contribution in [0.25, 0.3) is 11.0 Å². The van der Waals surface area contributed by atoms with Crippen molar-refractivity contribution in [1.29, 1.82) is 5.26 Å². The van der Waals surface area contributed by atoms with Crippen LogP contribution in [0.2, 0.25) is 0 Å². The van der Waals surface area contributed by atoms with E-state index in [0.29, 0.717) is 11.8 Å². The summed E-state index contributed by atoms with van der Waals surface area (Å²) < 4.78 is 5.46. The Kier molecular flexibility index (Phi) is 5.73. The average Bonchev–Trinajstić information content (AvgIpc) is 2.95. The summed E-state index contributed by atoms with van der Waals surface area (Å²) in [4.78, 5) is 19.7. The van der Waals surface area contributed by atoms with Crippen LogP contribution in [0.1, 0.15) is 27.7 Å². The van der Waals surface area contributed by atoms with E-state index in [1.165, 1.54) is 11.8 Å². The van der Waals surface area contributed by atoms with Gasteiger partial charge in [-0.25, -0.2) is 4.98 Å². The van der Waals surface area contributed by atoms with Crippen molar-refractivity contribution in [3.05, 3.63) is 18.2 Å². The fourth-order valence-corrected chi connectivity index (χ4v) is 2.74. The van der Waals surface area contributed by atoms with Crippen LogP contribution in [0.15, 0.2) is 23.4 Å². The number of carbonyl (C=O) groups excluding carboxylic acids is 1. The Morgan fingerprint density at radius 3 is 2.92 bits per heavy atom. The molecule has 7 heteroatoms. The molecule has 1 aromatic heterocycles. The average molecular weight is 346 g/mol. The summed E-state index contributed by atoms with van der Waals surface area (Å²) in [6, 6.07) is 7.81. The number of nitrogens with zero attached hydrogens (tertiary/aromatic N) is 2. The second kappa shape index (κ2) is 7.58. The molecule has 0 unspecified atom stereocenters. The molecule has 1 heterocycles. The van der Waals surface area contributed by atoms with Crippen molar-refractivity contribution in [3.8, 4) is 11.8 Å². The molecular weight excluding hydrogens is 324 g/mol. The second-order valence-corrected chi connectivity index (χ2v) is 6.92. The molecule has 0 fully saturated rings. The van der Waals surface area contributed by atoms with E-state index in [1.807, 2.05) is 39.0 Å². The molecule has 0 saturated heterocycles. The van der Waals surface area contributed by atoms with Crippen molar-refractivity contribution in [3.63, 3.8) is 0 Å². The second-order valence-electron chi connectivity index (χ2n) is 5.96. The molecule has 2 N–H and O–H groups in total. The molecule has 1 aromatic carbocycles. The number of H-pyrrole nitrogens is 1. The molecule has 0 aliphatic rings. The van der Waals surface area contributed by atoms with Crippen molar-refractivity contribution in [2.45, 2.75) is 38.4 Å². The number of hydrogen-bond donors (Lipinski definition) is 2. The van der Waals surface area contributed by atoms with Gasteiger partial charge in [0.25, 0.3) is 0 Å². The summed E-state index contributed by atoms with van der Waals surface area (Å²) in [5, 5.41) is 12.7. The maximum absolute atomic E-state index is 12.1. The lowest BCUT2D eigenvalue weighted by Gasteiger charge is -2.27. The monoisotopic (exact) mass is 346 g/mol. The SMILES string of the molecule is CCOc1ccc2nc(SCC(=O)N[C@](C)(C#N)C(C)C)[nH]c2c1. The summed E-state index contributed by atoms with van der Waals surface area (Å²) >= 11 is 1.31. The highest BCUT2D eigenvalue weighted by atomic mass is 32.2. The normalized spacial score (nSPS) is 13.5. The fraction of sp³-hybridized carbons (Fsp3) is 0.471. The van der Waals surface area contributed by atoms with Gasteiger partial charge in [0.1, 0.15) is 11.3 Å². The van der Waals surface area contributed by atoms with E-state index >= 15 is 0 Å². The number of nitriles is 1. The molecule has 0 aliphatic heterocycles. The maximum atomic E-state index is 12.1. The molecule has 2 aromatic rings. The van der Waals surface area contributed by atoms with Gasteiger partial charge < -0.3 is 15.0 Å². The summed E-state index contributed by atoms with van der Waals surface area (Å²) in [7, 11) is 0. The van der Waals surface area contributed by atoms with Crippen molar-refractivity contribution < 1.29 is 9.53 Å². The summed E-state index contributed by atoms with van der Waals surface area (Å²) in [6.07, 6.45) is 0. The highest BCUT2D eigenvalue weighted by molar-refractivity contribution is 7.99. The van der Waals surface area contributed by atoms with Gasteiger partial charge in [-0.1, -0.05) is 25.6 Å². The van der Waals surface area contributed by atoms with Crippen molar-refractivity contribution in [2.24, 2.45) is 5.92 Å². The van der Waals surface area contributed by atoms with Crippen LogP contribution in [0.4, 0.5) is 0 Å². The van der Waals surface area contributed by atoms with Crippen LogP contribution < -0.4 is 10.1 Å². The van der Waals surface area contributed by atoms with Gasteiger partial charge in [-0.05, 0) is 31.9 Å². The fourth-order valence-electron chi connectivity index (χ4n) is 2.05. The molecule has 128 valence electrons. The Labute approximate surface area is 146 Å². The topological polar surface area (TPSA) is 90.8 Å². The Bertz CT molecular complexity index is 766. The highest BCUT2D eigenvalue weighted by Crippen LogP contribution is 2.23. The Hall–Kier alpha value is -2.20. The number of aromatic nitrogens is 2. The number of thioether (sulfide) groups is 1. The summed E-state index contributed by atoms with van der Waals surface area (Å²) in [5.41, 5.74) is 0.830. The smallest absolute Gasteiger partial charge is 0.231 e. The minimum Gasteiger partial charge on any atom is -0.494 e. The van der Waals surface area contributed by atoms with Crippen LogP contribution in [-0.2, 0) is 4.79 Å². The molecular formula is C17H22N4O2S. The van der Waals surface area contributed by atoms with E-state index in [4.69, 9.17) is 4.74 Å². The van der Waals surface area contributed by atoms with Gasteiger partial charge in [0.05, 0.1) is 29.5 Å². The van der Waals surface area contributed by atoms with E-state index in [2.05, 4.69) is 21.4 Å². The molecule has 2 rings (SSSR count). The molecule has 0 saturated carbocycles. The first-order chi connectivity index (χ1) is 11.4. The molecule has 1 amide bonds. The van der Waals surface area contributed by atoms with Crippen LogP contribution in [0.3, 0.4) is 0 Å². The third kappa shape index (κ3) is 4.20. The number of benzene rings is 1. The predicted octanol–water partition coefficient (Wildman–Crippen LogP) is 3.11. The van der Waals surface area contributed by atoms with E-state index < -0.39 is 5.54 Å². The number of ether oxygens (including phenoxy) is 1. The lowest BCUT2D eigenvalue weighted by molar-refractivity contribution is -0.120. The standard InChI is InChI=1S/C17H22N4O2S/c1-5-23-12-6-7-13-14(8-12)20-16(19-13)24-9-15(22)21-17(4,10-18)11(2)3/h6-8,11H,5,9H2,1-4H3,(H,19,20)(H,21,22)/t17-/m1/s1. The third-order valence-electron chi connectivity index (χ3n) is 3.87. The maximum Gasteiger partial charge on any atom is 0.231 e. The Morgan fingerprint density at radius 2 is 2.29 bits per heavy atom. The molecule has 24 heavy (non-hydrogen) atoms. The number of nitrogens with one attached hydrogen (secondary N) is 2. The number of fused-ring (bicyclic) bond motifs is 1. The molecule has 1 atom stereocenters.